The molecule has 0 radical (unpaired) electrons. The Morgan fingerprint density at radius 3 is 3.00 bits per heavy atom. The molecule has 2 rings (SSSR count). The van der Waals surface area contributed by atoms with Crippen molar-refractivity contribution < 1.29 is 19.1 Å². The zero-order chi connectivity index (χ0) is 13.8. The van der Waals surface area contributed by atoms with E-state index < -0.39 is 11.9 Å². The van der Waals surface area contributed by atoms with Crippen LogP contribution >= 0.6 is 0 Å². The van der Waals surface area contributed by atoms with Crippen molar-refractivity contribution in [3.05, 3.63) is 36.4 Å². The second kappa shape index (κ2) is 5.48. The van der Waals surface area contributed by atoms with Crippen molar-refractivity contribution in [2.24, 2.45) is 10.9 Å². The van der Waals surface area contributed by atoms with Crippen molar-refractivity contribution >= 4 is 23.7 Å². The second-order valence-electron chi connectivity index (χ2n) is 3.90. The van der Waals surface area contributed by atoms with Crippen LogP contribution in [-0.2, 0) is 9.53 Å². The molecule has 5 nitrogen and oxygen atoms in total. The minimum absolute atomic E-state index is 0.0709. The fourth-order valence-electron chi connectivity index (χ4n) is 1.80. The van der Waals surface area contributed by atoms with Crippen LogP contribution in [0.1, 0.15) is 10.4 Å². The second-order valence-corrected chi connectivity index (χ2v) is 3.90. The average Bonchev–Trinajstić information content (AvgIpc) is 2.44. The lowest BCUT2D eigenvalue weighted by Gasteiger charge is -2.17. The number of hydrogen-bond donors (Lipinski definition) is 0. The molecule has 0 N–H and O–H groups in total. The van der Waals surface area contributed by atoms with Gasteiger partial charge in [0.25, 0.3) is 0 Å². The van der Waals surface area contributed by atoms with Crippen LogP contribution < -0.4 is 4.74 Å². The summed E-state index contributed by atoms with van der Waals surface area (Å²) in [4.78, 5) is 28.1. The molecule has 0 spiro atoms. The molecule has 0 amide bonds. The van der Waals surface area contributed by atoms with Crippen LogP contribution in [0.15, 0.2) is 35.8 Å². The number of nitrogens with zero attached hydrogens (tertiary/aromatic N) is 1. The lowest BCUT2D eigenvalue weighted by atomic mass is 9.94. The zero-order valence-electron chi connectivity index (χ0n) is 10.5. The molecular weight excluding hydrogens is 246 g/mol. The van der Waals surface area contributed by atoms with Gasteiger partial charge in [0, 0.05) is 11.8 Å². The van der Waals surface area contributed by atoms with E-state index in [1.165, 1.54) is 19.4 Å². The van der Waals surface area contributed by atoms with Gasteiger partial charge in [0.15, 0.2) is 11.7 Å². The minimum Gasteiger partial charge on any atom is -0.494 e. The quantitative estimate of drug-likeness (QED) is 0.471. The van der Waals surface area contributed by atoms with Crippen molar-refractivity contribution in [3.8, 4) is 5.75 Å². The Morgan fingerprint density at radius 1 is 1.53 bits per heavy atom. The molecular formula is C14H13NO4. The van der Waals surface area contributed by atoms with Crippen molar-refractivity contribution in [1.29, 1.82) is 0 Å². The number of fused-ring (bicyclic) bond motifs is 1. The van der Waals surface area contributed by atoms with E-state index >= 15 is 0 Å². The van der Waals surface area contributed by atoms with E-state index in [2.05, 4.69) is 11.6 Å². The Kier molecular flexibility index (Phi) is 3.75. The SMILES string of the molecule is C=CCOC(=O)C1C=Nc2c(OC)cccc2C1=O. The number of hydrogen-bond acceptors (Lipinski definition) is 5. The molecule has 0 saturated carbocycles. The maximum Gasteiger partial charge on any atom is 0.322 e. The van der Waals surface area contributed by atoms with Gasteiger partial charge in [0.05, 0.1) is 7.11 Å². The normalized spacial score (nSPS) is 16.7. The predicted molar refractivity (Wildman–Crippen MR) is 70.1 cm³/mol. The molecule has 1 heterocycles. The number of ether oxygens (including phenoxy) is 2. The monoisotopic (exact) mass is 259 g/mol. The summed E-state index contributed by atoms with van der Waals surface area (Å²) in [5.74, 6) is -1.46. The summed E-state index contributed by atoms with van der Waals surface area (Å²) in [6.07, 6.45) is 2.73. The molecule has 98 valence electrons. The van der Waals surface area contributed by atoms with Gasteiger partial charge < -0.3 is 9.47 Å². The first-order valence-electron chi connectivity index (χ1n) is 5.72. The fourth-order valence-corrected chi connectivity index (χ4v) is 1.80. The molecule has 19 heavy (non-hydrogen) atoms. The van der Waals surface area contributed by atoms with Gasteiger partial charge in [0.2, 0.25) is 0 Å². The lowest BCUT2D eigenvalue weighted by Crippen LogP contribution is -2.29. The minimum atomic E-state index is -1.00. The summed E-state index contributed by atoms with van der Waals surface area (Å²) in [5.41, 5.74) is 0.810. The highest BCUT2D eigenvalue weighted by molar-refractivity contribution is 6.22. The number of methoxy groups -OCH3 is 1. The molecule has 1 unspecified atom stereocenters. The van der Waals surface area contributed by atoms with Gasteiger partial charge in [-0.15, -0.1) is 0 Å². The number of aliphatic imine (C=N–C) groups is 1. The summed E-state index contributed by atoms with van der Waals surface area (Å²) in [7, 11) is 1.50. The number of ketones is 1. The Bertz CT molecular complexity index is 563. The highest BCUT2D eigenvalue weighted by atomic mass is 16.5. The van der Waals surface area contributed by atoms with Gasteiger partial charge in [-0.1, -0.05) is 18.7 Å². The van der Waals surface area contributed by atoms with Gasteiger partial charge in [0.1, 0.15) is 18.0 Å². The predicted octanol–water partition coefficient (Wildman–Crippen LogP) is 1.94. The summed E-state index contributed by atoms with van der Waals surface area (Å²) < 4.78 is 10.00. The van der Waals surface area contributed by atoms with Crippen LogP contribution in [0.5, 0.6) is 5.75 Å². The van der Waals surface area contributed by atoms with Gasteiger partial charge in [-0.25, -0.2) is 0 Å². The first kappa shape index (κ1) is 13.0. The molecule has 0 fully saturated rings. The first-order valence-corrected chi connectivity index (χ1v) is 5.72. The topological polar surface area (TPSA) is 65.0 Å². The van der Waals surface area contributed by atoms with Crippen LogP contribution in [0, 0.1) is 5.92 Å². The van der Waals surface area contributed by atoms with E-state index in [0.29, 0.717) is 17.0 Å². The number of para-hydroxylation sites is 1. The number of rotatable bonds is 4. The lowest BCUT2D eigenvalue weighted by molar-refractivity contribution is -0.143. The molecule has 0 aliphatic carbocycles. The molecule has 5 heteroatoms. The number of esters is 1. The van der Waals surface area contributed by atoms with Crippen LogP contribution in [0.4, 0.5) is 5.69 Å². The van der Waals surface area contributed by atoms with E-state index in [9.17, 15) is 9.59 Å². The third-order valence-electron chi connectivity index (χ3n) is 2.72. The molecule has 1 aromatic rings. The van der Waals surface area contributed by atoms with E-state index in [1.807, 2.05) is 0 Å². The van der Waals surface area contributed by atoms with Gasteiger partial charge in [-0.05, 0) is 12.1 Å². The van der Waals surface area contributed by atoms with Gasteiger partial charge in [-0.2, -0.15) is 0 Å². The number of carbonyl (C=O) groups is 2. The maximum absolute atomic E-state index is 12.2. The van der Waals surface area contributed by atoms with E-state index in [0.717, 1.165) is 0 Å². The van der Waals surface area contributed by atoms with Crippen LogP contribution in [0.2, 0.25) is 0 Å². The fraction of sp³-hybridized carbons (Fsp3) is 0.214. The van der Waals surface area contributed by atoms with Gasteiger partial charge >= 0.3 is 5.97 Å². The van der Waals surface area contributed by atoms with Crippen molar-refractivity contribution in [2.75, 3.05) is 13.7 Å². The number of Topliss-reactive ketones (excluding diaryl/α,β-unsaturated/α-hetero) is 1. The van der Waals surface area contributed by atoms with Crippen LogP contribution in [-0.4, -0.2) is 31.7 Å². The summed E-state index contributed by atoms with van der Waals surface area (Å²) in [6.45, 7) is 3.51. The van der Waals surface area contributed by atoms with E-state index in [1.54, 1.807) is 18.2 Å². The maximum atomic E-state index is 12.2. The summed E-state index contributed by atoms with van der Waals surface area (Å²) >= 11 is 0. The third kappa shape index (κ3) is 2.40. The van der Waals surface area contributed by atoms with E-state index in [-0.39, 0.29) is 12.4 Å². The molecule has 1 aromatic carbocycles. The Balaban J connectivity index is 2.31. The molecule has 1 atom stereocenters. The Labute approximate surface area is 110 Å². The molecule has 1 aliphatic rings. The highest BCUT2D eigenvalue weighted by Crippen LogP contribution is 2.35. The van der Waals surface area contributed by atoms with Crippen LogP contribution in [0.3, 0.4) is 0 Å². The molecule has 1 aliphatic heterocycles. The largest absolute Gasteiger partial charge is 0.494 e. The smallest absolute Gasteiger partial charge is 0.322 e. The first-order chi connectivity index (χ1) is 9.19. The average molecular weight is 259 g/mol. The number of benzene rings is 1. The van der Waals surface area contributed by atoms with Crippen molar-refractivity contribution in [3.63, 3.8) is 0 Å². The van der Waals surface area contributed by atoms with Crippen LogP contribution in [0.25, 0.3) is 0 Å². The molecule has 0 aromatic heterocycles. The number of carbonyl (C=O) groups excluding carboxylic acids is 2. The Hall–Kier alpha value is -2.43. The van der Waals surface area contributed by atoms with Gasteiger partial charge in [-0.3, -0.25) is 14.6 Å². The highest BCUT2D eigenvalue weighted by Gasteiger charge is 2.32. The standard InChI is InChI=1S/C14H13NO4/c1-3-7-19-14(17)10-8-15-12-9(13(10)16)5-4-6-11(12)18-2/h3-6,8,10H,1,7H2,2H3. The van der Waals surface area contributed by atoms with Crippen molar-refractivity contribution in [2.45, 2.75) is 0 Å². The van der Waals surface area contributed by atoms with Crippen molar-refractivity contribution in [1.82, 2.24) is 0 Å². The van der Waals surface area contributed by atoms with E-state index in [4.69, 9.17) is 9.47 Å². The molecule has 0 bridgehead atoms. The summed E-state index contributed by atoms with van der Waals surface area (Å²) in [5, 5.41) is 0. The molecule has 0 saturated heterocycles. The summed E-state index contributed by atoms with van der Waals surface area (Å²) in [6, 6.07) is 5.01. The zero-order valence-corrected chi connectivity index (χ0v) is 10.5. The third-order valence-corrected chi connectivity index (χ3v) is 2.72. The Morgan fingerprint density at radius 2 is 2.32 bits per heavy atom.